The molecule has 1 amide bonds. The summed E-state index contributed by atoms with van der Waals surface area (Å²) < 4.78 is 7.59. The first-order valence-electron chi connectivity index (χ1n) is 8.12. The van der Waals surface area contributed by atoms with Gasteiger partial charge in [-0.05, 0) is 56.7 Å². The molecule has 1 saturated heterocycles. The highest BCUT2D eigenvalue weighted by atomic mass is 32.2. The Bertz CT molecular complexity index is 944. The average molecular weight is 386 g/mol. The standard InChI is InChI=1S/C19H18N2O3S2/c1-4-24-18(23)13-6-5-7-15(9-13)21-11(2)8-14(12(21)3)10-16-17(22)20-19(25)26-16/h5-10H,4H2,1-3H3,(H,20,22,25)/b16-10-. The summed E-state index contributed by atoms with van der Waals surface area (Å²) in [5, 5.41) is 2.62. The van der Waals surface area contributed by atoms with E-state index in [4.69, 9.17) is 17.0 Å². The molecule has 5 nitrogen and oxygen atoms in total. The van der Waals surface area contributed by atoms with E-state index in [-0.39, 0.29) is 11.9 Å². The summed E-state index contributed by atoms with van der Waals surface area (Å²) >= 11 is 6.29. The SMILES string of the molecule is CCOC(=O)c1cccc(-n2c(C)cc(/C=C3\SC(=S)NC3=O)c2C)c1. The van der Waals surface area contributed by atoms with E-state index in [2.05, 4.69) is 5.32 Å². The minimum Gasteiger partial charge on any atom is -0.462 e. The molecule has 0 radical (unpaired) electrons. The molecule has 134 valence electrons. The van der Waals surface area contributed by atoms with Gasteiger partial charge in [0.25, 0.3) is 5.91 Å². The van der Waals surface area contributed by atoms with Crippen molar-refractivity contribution in [3.05, 3.63) is 57.8 Å². The highest BCUT2D eigenvalue weighted by molar-refractivity contribution is 8.26. The number of aryl methyl sites for hydroxylation is 1. The Morgan fingerprint density at radius 1 is 1.35 bits per heavy atom. The van der Waals surface area contributed by atoms with E-state index in [1.807, 2.05) is 42.7 Å². The van der Waals surface area contributed by atoms with Crippen molar-refractivity contribution in [3.8, 4) is 5.69 Å². The number of hydrogen-bond donors (Lipinski definition) is 1. The van der Waals surface area contributed by atoms with Crippen molar-refractivity contribution in [2.24, 2.45) is 0 Å². The Morgan fingerprint density at radius 2 is 2.12 bits per heavy atom. The molecule has 3 rings (SSSR count). The first kappa shape index (κ1) is 18.4. The lowest BCUT2D eigenvalue weighted by Gasteiger charge is -2.11. The first-order valence-corrected chi connectivity index (χ1v) is 9.34. The van der Waals surface area contributed by atoms with Gasteiger partial charge in [-0.1, -0.05) is 30.0 Å². The third kappa shape index (κ3) is 3.59. The molecule has 0 aliphatic carbocycles. The van der Waals surface area contributed by atoms with Gasteiger partial charge in [0.1, 0.15) is 4.32 Å². The lowest BCUT2D eigenvalue weighted by molar-refractivity contribution is -0.115. The molecule has 1 aromatic carbocycles. The minimum absolute atomic E-state index is 0.172. The van der Waals surface area contributed by atoms with Crippen molar-refractivity contribution >= 4 is 46.3 Å². The van der Waals surface area contributed by atoms with Gasteiger partial charge in [0.15, 0.2) is 0 Å². The molecule has 1 aliphatic rings. The third-order valence-electron chi connectivity index (χ3n) is 4.01. The van der Waals surface area contributed by atoms with Crippen LogP contribution in [0, 0.1) is 13.8 Å². The number of thiocarbonyl (C=S) groups is 1. The number of nitrogens with zero attached hydrogens (tertiary/aromatic N) is 1. The predicted molar refractivity (Wildman–Crippen MR) is 108 cm³/mol. The highest BCUT2D eigenvalue weighted by Gasteiger charge is 2.23. The smallest absolute Gasteiger partial charge is 0.338 e. The van der Waals surface area contributed by atoms with E-state index in [9.17, 15) is 9.59 Å². The largest absolute Gasteiger partial charge is 0.462 e. The number of amides is 1. The zero-order valence-electron chi connectivity index (χ0n) is 14.7. The molecule has 1 aromatic heterocycles. The molecule has 0 bridgehead atoms. The van der Waals surface area contributed by atoms with Crippen molar-refractivity contribution in [3.63, 3.8) is 0 Å². The van der Waals surface area contributed by atoms with Crippen LogP contribution in [0.25, 0.3) is 11.8 Å². The number of benzene rings is 1. The van der Waals surface area contributed by atoms with Crippen LogP contribution in [0.1, 0.15) is 34.2 Å². The van der Waals surface area contributed by atoms with Crippen LogP contribution >= 0.6 is 24.0 Å². The van der Waals surface area contributed by atoms with E-state index >= 15 is 0 Å². The Labute approximate surface area is 161 Å². The van der Waals surface area contributed by atoms with E-state index in [0.29, 0.717) is 21.4 Å². The summed E-state index contributed by atoms with van der Waals surface area (Å²) in [6.45, 7) is 6.08. The lowest BCUT2D eigenvalue weighted by Crippen LogP contribution is -2.17. The topological polar surface area (TPSA) is 60.3 Å². The summed E-state index contributed by atoms with van der Waals surface area (Å²) in [6.07, 6.45) is 1.84. The molecule has 0 unspecified atom stereocenters. The fourth-order valence-electron chi connectivity index (χ4n) is 2.88. The number of hydrogen-bond acceptors (Lipinski definition) is 5. The van der Waals surface area contributed by atoms with Crippen LogP contribution in [-0.4, -0.2) is 27.4 Å². The lowest BCUT2D eigenvalue weighted by atomic mass is 10.2. The van der Waals surface area contributed by atoms with Crippen LogP contribution < -0.4 is 5.32 Å². The van der Waals surface area contributed by atoms with E-state index in [1.54, 1.807) is 19.1 Å². The zero-order valence-corrected chi connectivity index (χ0v) is 16.3. The van der Waals surface area contributed by atoms with Crippen LogP contribution in [-0.2, 0) is 9.53 Å². The minimum atomic E-state index is -0.341. The average Bonchev–Trinajstić information content (AvgIpc) is 3.06. The number of nitrogens with one attached hydrogen (secondary N) is 1. The molecule has 1 fully saturated rings. The summed E-state index contributed by atoms with van der Waals surface area (Å²) in [5.74, 6) is -0.513. The number of thioether (sulfide) groups is 1. The molecular weight excluding hydrogens is 368 g/mol. The second-order valence-electron chi connectivity index (χ2n) is 5.78. The number of aromatic nitrogens is 1. The number of esters is 1. The molecule has 0 atom stereocenters. The van der Waals surface area contributed by atoms with Gasteiger partial charge in [0.2, 0.25) is 0 Å². The Morgan fingerprint density at radius 3 is 2.77 bits per heavy atom. The van der Waals surface area contributed by atoms with Crippen LogP contribution in [0.5, 0.6) is 0 Å². The van der Waals surface area contributed by atoms with Crippen molar-refractivity contribution < 1.29 is 14.3 Å². The van der Waals surface area contributed by atoms with Crippen molar-refractivity contribution in [1.82, 2.24) is 9.88 Å². The van der Waals surface area contributed by atoms with Gasteiger partial charge in [0.05, 0.1) is 17.1 Å². The van der Waals surface area contributed by atoms with Crippen molar-refractivity contribution in [2.45, 2.75) is 20.8 Å². The third-order valence-corrected chi connectivity index (χ3v) is 5.18. The molecule has 26 heavy (non-hydrogen) atoms. The first-order chi connectivity index (χ1) is 12.4. The highest BCUT2D eigenvalue weighted by Crippen LogP contribution is 2.29. The van der Waals surface area contributed by atoms with Gasteiger partial charge in [0, 0.05) is 17.1 Å². The maximum atomic E-state index is 12.0. The molecular formula is C19H18N2O3S2. The van der Waals surface area contributed by atoms with E-state index in [0.717, 1.165) is 22.6 Å². The van der Waals surface area contributed by atoms with Crippen molar-refractivity contribution in [1.29, 1.82) is 0 Å². The summed E-state index contributed by atoms with van der Waals surface area (Å²) in [4.78, 5) is 24.5. The van der Waals surface area contributed by atoms with Gasteiger partial charge in [-0.2, -0.15) is 0 Å². The second-order valence-corrected chi connectivity index (χ2v) is 7.50. The van der Waals surface area contributed by atoms with Gasteiger partial charge in [-0.25, -0.2) is 4.79 Å². The Hall–Kier alpha value is -2.38. The molecule has 7 heteroatoms. The number of ether oxygens (including phenoxy) is 1. The van der Waals surface area contributed by atoms with Crippen LogP contribution in [0.3, 0.4) is 0 Å². The Kier molecular flexibility index (Phi) is 5.29. The molecule has 1 N–H and O–H groups in total. The zero-order chi connectivity index (χ0) is 18.8. The molecule has 0 saturated carbocycles. The van der Waals surface area contributed by atoms with Gasteiger partial charge >= 0.3 is 5.97 Å². The van der Waals surface area contributed by atoms with Gasteiger partial charge < -0.3 is 14.6 Å². The molecule has 1 aliphatic heterocycles. The Balaban J connectivity index is 2.00. The monoisotopic (exact) mass is 386 g/mol. The van der Waals surface area contributed by atoms with Gasteiger partial charge in [-0.15, -0.1) is 0 Å². The molecule has 2 aromatic rings. The maximum Gasteiger partial charge on any atom is 0.338 e. The predicted octanol–water partition coefficient (Wildman–Crippen LogP) is 3.76. The van der Waals surface area contributed by atoms with Gasteiger partial charge in [-0.3, -0.25) is 4.79 Å². The summed E-state index contributed by atoms with van der Waals surface area (Å²) in [7, 11) is 0. The normalized spacial score (nSPS) is 15.4. The molecule has 2 heterocycles. The number of rotatable bonds is 4. The molecule has 0 spiro atoms. The summed E-state index contributed by atoms with van der Waals surface area (Å²) in [6, 6.07) is 9.32. The quantitative estimate of drug-likeness (QED) is 0.493. The number of carbonyl (C=O) groups excluding carboxylic acids is 2. The summed E-state index contributed by atoms with van der Waals surface area (Å²) in [5.41, 5.74) is 4.29. The number of carbonyl (C=O) groups is 2. The second kappa shape index (κ2) is 7.47. The fourth-order valence-corrected chi connectivity index (χ4v) is 3.91. The van der Waals surface area contributed by atoms with Crippen LogP contribution in [0.15, 0.2) is 35.2 Å². The van der Waals surface area contributed by atoms with E-state index < -0.39 is 0 Å². The van der Waals surface area contributed by atoms with E-state index in [1.165, 1.54) is 11.8 Å². The van der Waals surface area contributed by atoms with Crippen LogP contribution in [0.2, 0.25) is 0 Å². The van der Waals surface area contributed by atoms with Crippen molar-refractivity contribution in [2.75, 3.05) is 6.61 Å². The fraction of sp³-hybridized carbons (Fsp3) is 0.211. The van der Waals surface area contributed by atoms with Crippen LogP contribution in [0.4, 0.5) is 0 Å². The maximum absolute atomic E-state index is 12.0.